The summed E-state index contributed by atoms with van der Waals surface area (Å²) >= 11 is 7.49. The van der Waals surface area contributed by atoms with Gasteiger partial charge in [0, 0.05) is 5.02 Å². The molecular formula is C20H18ClN5O2S. The number of amides is 1. The number of nitrogens with one attached hydrogen (secondary N) is 1. The number of hydrogen-bond donors (Lipinski definition) is 1. The topological polar surface area (TPSA) is 81.4 Å². The van der Waals surface area contributed by atoms with E-state index in [1.165, 1.54) is 0 Å². The number of ether oxygens (including phenoxy) is 1. The number of carbonyl (C=O) groups is 1. The van der Waals surface area contributed by atoms with Crippen molar-refractivity contribution in [1.29, 1.82) is 0 Å². The third kappa shape index (κ3) is 4.23. The summed E-state index contributed by atoms with van der Waals surface area (Å²) in [6, 6.07) is 14.6. The second-order valence-corrected chi connectivity index (χ2v) is 8.22. The highest BCUT2D eigenvalue weighted by Crippen LogP contribution is 2.23. The second-order valence-electron chi connectivity index (χ2n) is 6.83. The quantitative estimate of drug-likeness (QED) is 0.503. The first kappa shape index (κ1) is 19.4. The molecule has 0 unspecified atom stereocenters. The Balaban J connectivity index is 1.47. The van der Waals surface area contributed by atoms with Crippen molar-refractivity contribution in [3.05, 3.63) is 64.8 Å². The molecule has 1 amide bonds. The Morgan fingerprint density at radius 2 is 1.97 bits per heavy atom. The molecule has 0 fully saturated rings. The minimum Gasteiger partial charge on any atom is -0.478 e. The monoisotopic (exact) mass is 427 g/mol. The number of nitrogens with zero attached hydrogens (tertiary/aromatic N) is 4. The first-order valence-electron chi connectivity index (χ1n) is 8.90. The lowest BCUT2D eigenvalue weighted by Crippen LogP contribution is -2.46. The largest absolute Gasteiger partial charge is 0.478 e. The van der Waals surface area contributed by atoms with Crippen LogP contribution >= 0.6 is 22.9 Å². The summed E-state index contributed by atoms with van der Waals surface area (Å²) in [6.45, 7) is 3.58. The van der Waals surface area contributed by atoms with Crippen molar-refractivity contribution in [3.63, 3.8) is 0 Å². The third-order valence-electron chi connectivity index (χ3n) is 4.24. The molecular weight excluding hydrogens is 410 g/mol. The molecule has 0 radical (unpaired) electrons. The molecule has 3 aromatic heterocycles. The lowest BCUT2D eigenvalue weighted by atomic mass is 10.1. The Morgan fingerprint density at radius 3 is 2.69 bits per heavy atom. The van der Waals surface area contributed by atoms with Crippen molar-refractivity contribution in [2.45, 2.75) is 26.0 Å². The molecule has 0 aliphatic heterocycles. The minimum atomic E-state index is -1.08. The molecule has 1 N–H and O–H groups in total. The summed E-state index contributed by atoms with van der Waals surface area (Å²) in [5.41, 5.74) is 0.363. The van der Waals surface area contributed by atoms with Gasteiger partial charge in [-0.2, -0.15) is 9.61 Å². The average Bonchev–Trinajstić information content (AvgIpc) is 3.37. The summed E-state index contributed by atoms with van der Waals surface area (Å²) in [7, 11) is 0. The van der Waals surface area contributed by atoms with E-state index < -0.39 is 5.60 Å². The van der Waals surface area contributed by atoms with Gasteiger partial charge < -0.3 is 10.1 Å². The molecule has 4 rings (SSSR count). The van der Waals surface area contributed by atoms with E-state index in [-0.39, 0.29) is 12.5 Å². The van der Waals surface area contributed by atoms with E-state index in [0.29, 0.717) is 22.2 Å². The highest BCUT2D eigenvalue weighted by Gasteiger charge is 2.30. The van der Waals surface area contributed by atoms with Crippen LogP contribution in [0.3, 0.4) is 0 Å². The number of carbonyl (C=O) groups excluding carboxylic acids is 1. The Hall–Kier alpha value is -2.97. The number of thiophene rings is 1. The first-order valence-corrected chi connectivity index (χ1v) is 10.2. The van der Waals surface area contributed by atoms with Crippen LogP contribution in [0.5, 0.6) is 5.75 Å². The van der Waals surface area contributed by atoms with Crippen molar-refractivity contribution in [2.24, 2.45) is 0 Å². The second kappa shape index (κ2) is 7.81. The SMILES string of the molecule is CC(C)(Oc1ccc(Cl)cc1)C(=O)NCc1nnc2ccc(-c3cccs3)nn12. The Kier molecular flexibility index (Phi) is 5.21. The van der Waals surface area contributed by atoms with E-state index in [2.05, 4.69) is 20.6 Å². The molecule has 1 aromatic carbocycles. The molecule has 0 spiro atoms. The highest BCUT2D eigenvalue weighted by molar-refractivity contribution is 7.13. The molecule has 9 heteroatoms. The highest BCUT2D eigenvalue weighted by atomic mass is 35.5. The number of halogens is 1. The lowest BCUT2D eigenvalue weighted by molar-refractivity contribution is -0.134. The van der Waals surface area contributed by atoms with Crippen LogP contribution in [0.1, 0.15) is 19.7 Å². The van der Waals surface area contributed by atoms with E-state index in [0.717, 1.165) is 10.6 Å². The maximum absolute atomic E-state index is 12.7. The minimum absolute atomic E-state index is 0.175. The number of hydrogen-bond acceptors (Lipinski definition) is 6. The molecule has 0 aliphatic carbocycles. The van der Waals surface area contributed by atoms with E-state index in [1.54, 1.807) is 54.0 Å². The van der Waals surface area contributed by atoms with Gasteiger partial charge >= 0.3 is 0 Å². The summed E-state index contributed by atoms with van der Waals surface area (Å²) in [5.74, 6) is 0.817. The molecule has 3 heterocycles. The molecule has 0 aliphatic rings. The van der Waals surface area contributed by atoms with Gasteiger partial charge in [0.15, 0.2) is 17.1 Å². The van der Waals surface area contributed by atoms with Crippen LogP contribution in [0.2, 0.25) is 5.02 Å². The van der Waals surface area contributed by atoms with Crippen LogP contribution in [0.4, 0.5) is 0 Å². The lowest BCUT2D eigenvalue weighted by Gasteiger charge is -2.25. The number of benzene rings is 1. The molecule has 0 atom stereocenters. The van der Waals surface area contributed by atoms with Crippen molar-refractivity contribution in [1.82, 2.24) is 25.1 Å². The fraction of sp³-hybridized carbons (Fsp3) is 0.200. The van der Waals surface area contributed by atoms with Crippen molar-refractivity contribution < 1.29 is 9.53 Å². The van der Waals surface area contributed by atoms with E-state index in [1.807, 2.05) is 29.6 Å². The fourth-order valence-corrected chi connectivity index (χ4v) is 3.53. The van der Waals surface area contributed by atoms with Crippen molar-refractivity contribution >= 4 is 34.5 Å². The zero-order valence-corrected chi connectivity index (χ0v) is 17.4. The number of fused-ring (bicyclic) bond motifs is 1. The van der Waals surface area contributed by atoms with Gasteiger partial charge in [-0.1, -0.05) is 17.7 Å². The van der Waals surface area contributed by atoms with Gasteiger partial charge in [0.25, 0.3) is 5.91 Å². The van der Waals surface area contributed by atoms with Crippen LogP contribution in [-0.2, 0) is 11.3 Å². The molecule has 0 saturated heterocycles. The van der Waals surface area contributed by atoms with Crippen LogP contribution in [0.25, 0.3) is 16.2 Å². The zero-order valence-electron chi connectivity index (χ0n) is 15.8. The molecule has 29 heavy (non-hydrogen) atoms. The summed E-state index contributed by atoms with van der Waals surface area (Å²) in [4.78, 5) is 13.7. The Morgan fingerprint density at radius 1 is 1.17 bits per heavy atom. The predicted octanol–water partition coefficient (Wildman–Crippen LogP) is 3.98. The van der Waals surface area contributed by atoms with Crippen molar-refractivity contribution in [3.8, 4) is 16.3 Å². The zero-order chi connectivity index (χ0) is 20.4. The van der Waals surface area contributed by atoms with Gasteiger partial charge in [-0.05, 0) is 61.7 Å². The van der Waals surface area contributed by atoms with Gasteiger partial charge in [-0.3, -0.25) is 4.79 Å². The Labute approximate surface area is 176 Å². The van der Waals surface area contributed by atoms with Gasteiger partial charge in [0.1, 0.15) is 11.4 Å². The van der Waals surface area contributed by atoms with E-state index in [9.17, 15) is 4.79 Å². The summed E-state index contributed by atoms with van der Waals surface area (Å²) in [6.07, 6.45) is 0. The molecule has 0 saturated carbocycles. The average molecular weight is 428 g/mol. The predicted molar refractivity (Wildman–Crippen MR) is 112 cm³/mol. The fourth-order valence-electron chi connectivity index (χ4n) is 2.72. The molecule has 0 bridgehead atoms. The molecule has 4 aromatic rings. The van der Waals surface area contributed by atoms with Crippen LogP contribution in [0.15, 0.2) is 53.9 Å². The van der Waals surface area contributed by atoms with E-state index >= 15 is 0 Å². The molecule has 7 nitrogen and oxygen atoms in total. The van der Waals surface area contributed by atoms with Crippen molar-refractivity contribution in [2.75, 3.05) is 0 Å². The van der Waals surface area contributed by atoms with Gasteiger partial charge in [-0.25, -0.2) is 0 Å². The summed E-state index contributed by atoms with van der Waals surface area (Å²) in [5, 5.41) is 18.3. The maximum Gasteiger partial charge on any atom is 0.263 e. The van der Waals surface area contributed by atoms with Crippen LogP contribution in [-0.4, -0.2) is 31.3 Å². The summed E-state index contributed by atoms with van der Waals surface area (Å²) < 4.78 is 7.46. The Bertz CT molecular complexity index is 1140. The van der Waals surface area contributed by atoms with Crippen LogP contribution < -0.4 is 10.1 Å². The number of aromatic nitrogens is 4. The maximum atomic E-state index is 12.7. The van der Waals surface area contributed by atoms with Gasteiger partial charge in [-0.15, -0.1) is 21.5 Å². The molecule has 148 valence electrons. The third-order valence-corrected chi connectivity index (χ3v) is 5.39. The van der Waals surface area contributed by atoms with Gasteiger partial charge in [0.2, 0.25) is 0 Å². The first-order chi connectivity index (χ1) is 13.9. The smallest absolute Gasteiger partial charge is 0.263 e. The van der Waals surface area contributed by atoms with Gasteiger partial charge in [0.05, 0.1) is 11.4 Å². The van der Waals surface area contributed by atoms with Crippen LogP contribution in [0, 0.1) is 0 Å². The normalized spacial score (nSPS) is 11.6. The number of rotatable bonds is 6. The standard InChI is InChI=1S/C20H18ClN5O2S/c1-20(2,28-14-7-5-13(21)6-8-14)19(27)22-12-18-24-23-17-10-9-15(25-26(17)18)16-4-3-11-29-16/h3-11H,12H2,1-2H3,(H,22,27). The van der Waals surface area contributed by atoms with E-state index in [4.69, 9.17) is 16.3 Å².